The minimum atomic E-state index is -0.0273. The fourth-order valence-electron chi connectivity index (χ4n) is 2.78. The van der Waals surface area contributed by atoms with Gasteiger partial charge in [-0.15, -0.1) is 0 Å². The molecule has 0 spiro atoms. The van der Waals surface area contributed by atoms with Crippen LogP contribution in [0.5, 0.6) is 0 Å². The first-order valence-electron chi connectivity index (χ1n) is 7.46. The number of rotatable bonds is 3. The van der Waals surface area contributed by atoms with Gasteiger partial charge in [-0.3, -0.25) is 9.78 Å². The summed E-state index contributed by atoms with van der Waals surface area (Å²) in [6, 6.07) is 19.4. The second kappa shape index (κ2) is 5.54. The quantitative estimate of drug-likeness (QED) is 0.443. The van der Waals surface area contributed by atoms with Gasteiger partial charge in [-0.25, -0.2) is 0 Å². The van der Waals surface area contributed by atoms with Gasteiger partial charge in [0.25, 0.3) is 0 Å². The van der Waals surface area contributed by atoms with Crippen LogP contribution < -0.4 is 0 Å². The van der Waals surface area contributed by atoms with Gasteiger partial charge in [-0.2, -0.15) is 0 Å². The van der Waals surface area contributed by atoms with Gasteiger partial charge in [0.2, 0.25) is 0 Å². The number of hydrogen-bond acceptors (Lipinski definition) is 2. The zero-order chi connectivity index (χ0) is 15.6. The van der Waals surface area contributed by atoms with Crippen LogP contribution in [0.15, 0.2) is 72.9 Å². The Morgan fingerprint density at radius 2 is 1.70 bits per heavy atom. The predicted molar refractivity (Wildman–Crippen MR) is 93.4 cm³/mol. The van der Waals surface area contributed by atoms with E-state index in [1.54, 1.807) is 18.3 Å². The Kier molecular flexibility index (Phi) is 3.24. The molecule has 0 aliphatic rings. The van der Waals surface area contributed by atoms with E-state index in [-0.39, 0.29) is 5.78 Å². The molecule has 110 valence electrons. The fourth-order valence-corrected chi connectivity index (χ4v) is 2.78. The van der Waals surface area contributed by atoms with Crippen molar-refractivity contribution in [3.63, 3.8) is 0 Å². The summed E-state index contributed by atoms with van der Waals surface area (Å²) in [4.78, 5) is 20.0. The molecule has 4 rings (SSSR count). The number of nitrogens with one attached hydrogen (secondary N) is 1. The molecular formula is C20H14N2O. The number of fused-ring (bicyclic) bond motifs is 3. The zero-order valence-corrected chi connectivity index (χ0v) is 12.4. The summed E-state index contributed by atoms with van der Waals surface area (Å²) >= 11 is 0. The monoisotopic (exact) mass is 298 g/mol. The van der Waals surface area contributed by atoms with Crippen LogP contribution in [0, 0.1) is 0 Å². The molecule has 23 heavy (non-hydrogen) atoms. The normalized spacial score (nSPS) is 11.5. The van der Waals surface area contributed by atoms with E-state index < -0.39 is 0 Å². The largest absolute Gasteiger partial charge is 0.353 e. The van der Waals surface area contributed by atoms with Gasteiger partial charge in [-0.1, -0.05) is 48.5 Å². The lowest BCUT2D eigenvalue weighted by molar-refractivity contribution is 0.104. The Bertz CT molecular complexity index is 1030. The Labute approximate surface area is 133 Å². The van der Waals surface area contributed by atoms with Crippen molar-refractivity contribution in [2.24, 2.45) is 0 Å². The first-order chi connectivity index (χ1) is 11.3. The third-order valence-electron chi connectivity index (χ3n) is 3.91. The fraction of sp³-hybridized carbons (Fsp3) is 0. The van der Waals surface area contributed by atoms with Crippen molar-refractivity contribution in [3.05, 3.63) is 84.2 Å². The summed E-state index contributed by atoms with van der Waals surface area (Å²) in [5.41, 5.74) is 3.46. The van der Waals surface area contributed by atoms with E-state index >= 15 is 0 Å². The van der Waals surface area contributed by atoms with Crippen molar-refractivity contribution in [2.45, 2.75) is 0 Å². The van der Waals surface area contributed by atoms with Crippen LogP contribution in [-0.2, 0) is 0 Å². The van der Waals surface area contributed by atoms with Gasteiger partial charge in [0.1, 0.15) is 0 Å². The number of allylic oxidation sites excluding steroid dienone is 1. The molecule has 4 aromatic rings. The van der Waals surface area contributed by atoms with E-state index in [2.05, 4.69) is 16.0 Å². The third-order valence-corrected chi connectivity index (χ3v) is 3.91. The SMILES string of the molecule is O=C(/C=C/c1nccc2c1[nH]c1ccccc12)c1ccccc1. The third kappa shape index (κ3) is 2.42. The number of carbonyl (C=O) groups excluding carboxylic acids is 1. The van der Waals surface area contributed by atoms with E-state index in [9.17, 15) is 4.79 Å². The molecular weight excluding hydrogens is 284 g/mol. The highest BCUT2D eigenvalue weighted by molar-refractivity contribution is 6.11. The maximum absolute atomic E-state index is 12.2. The molecule has 0 unspecified atom stereocenters. The average Bonchev–Trinajstić information content (AvgIpc) is 3.00. The van der Waals surface area contributed by atoms with Crippen LogP contribution in [0.25, 0.3) is 27.9 Å². The minimum Gasteiger partial charge on any atom is -0.353 e. The second-order valence-electron chi connectivity index (χ2n) is 5.35. The smallest absolute Gasteiger partial charge is 0.185 e. The molecule has 1 N–H and O–H groups in total. The van der Waals surface area contributed by atoms with Crippen LogP contribution in [-0.4, -0.2) is 15.8 Å². The first kappa shape index (κ1) is 13.5. The van der Waals surface area contributed by atoms with Crippen molar-refractivity contribution in [1.29, 1.82) is 0 Å². The van der Waals surface area contributed by atoms with Gasteiger partial charge in [-0.05, 0) is 24.3 Å². The molecule has 0 saturated heterocycles. The molecule has 0 bridgehead atoms. The molecule has 3 nitrogen and oxygen atoms in total. The Morgan fingerprint density at radius 1 is 0.913 bits per heavy atom. The van der Waals surface area contributed by atoms with Gasteiger partial charge >= 0.3 is 0 Å². The predicted octanol–water partition coefficient (Wildman–Crippen LogP) is 4.61. The summed E-state index contributed by atoms with van der Waals surface area (Å²) < 4.78 is 0. The van der Waals surface area contributed by atoms with Crippen molar-refractivity contribution >= 4 is 33.7 Å². The highest BCUT2D eigenvalue weighted by atomic mass is 16.1. The van der Waals surface area contributed by atoms with Crippen LogP contribution in [0.1, 0.15) is 16.1 Å². The summed E-state index contributed by atoms with van der Waals surface area (Å²) in [6.45, 7) is 0. The van der Waals surface area contributed by atoms with Crippen LogP contribution in [0.3, 0.4) is 0 Å². The summed E-state index contributed by atoms with van der Waals surface area (Å²) in [6.07, 6.45) is 5.12. The zero-order valence-electron chi connectivity index (χ0n) is 12.4. The van der Waals surface area contributed by atoms with Crippen molar-refractivity contribution in [2.75, 3.05) is 0 Å². The molecule has 0 atom stereocenters. The van der Waals surface area contributed by atoms with Gasteiger partial charge in [0.15, 0.2) is 5.78 Å². The minimum absolute atomic E-state index is 0.0273. The highest BCUT2D eigenvalue weighted by Crippen LogP contribution is 2.26. The number of carbonyl (C=O) groups is 1. The van der Waals surface area contributed by atoms with Gasteiger partial charge in [0.05, 0.1) is 11.2 Å². The maximum Gasteiger partial charge on any atom is 0.185 e. The topological polar surface area (TPSA) is 45.8 Å². The van der Waals surface area contributed by atoms with Crippen LogP contribution in [0.2, 0.25) is 0 Å². The number of aromatic amines is 1. The van der Waals surface area contributed by atoms with E-state index in [0.29, 0.717) is 5.56 Å². The Hall–Kier alpha value is -3.20. The average molecular weight is 298 g/mol. The number of para-hydroxylation sites is 1. The highest BCUT2D eigenvalue weighted by Gasteiger charge is 2.07. The van der Waals surface area contributed by atoms with Crippen molar-refractivity contribution in [1.82, 2.24) is 9.97 Å². The molecule has 0 aliphatic heterocycles. The van der Waals surface area contributed by atoms with Crippen molar-refractivity contribution < 1.29 is 4.79 Å². The Balaban J connectivity index is 1.77. The van der Waals surface area contributed by atoms with Gasteiger partial charge in [0, 0.05) is 28.0 Å². The molecule has 3 heteroatoms. The summed E-state index contributed by atoms with van der Waals surface area (Å²) in [7, 11) is 0. The standard InChI is InChI=1S/C20H14N2O/c23-19(14-6-2-1-3-7-14)11-10-18-20-16(12-13-21-18)15-8-4-5-9-17(15)22-20/h1-13,22H/b11-10+. The van der Waals surface area contributed by atoms with Crippen molar-refractivity contribution in [3.8, 4) is 0 Å². The van der Waals surface area contributed by atoms with E-state index in [1.165, 1.54) is 0 Å². The number of pyridine rings is 1. The molecule has 0 amide bonds. The Morgan fingerprint density at radius 3 is 2.57 bits per heavy atom. The van der Waals surface area contributed by atoms with Crippen LogP contribution in [0.4, 0.5) is 0 Å². The summed E-state index contributed by atoms with van der Waals surface area (Å²) in [5, 5.41) is 2.27. The molecule has 2 heterocycles. The first-order valence-corrected chi connectivity index (χ1v) is 7.46. The van der Waals surface area contributed by atoms with Gasteiger partial charge < -0.3 is 4.98 Å². The van der Waals surface area contributed by atoms with E-state index in [4.69, 9.17) is 0 Å². The van der Waals surface area contributed by atoms with E-state index in [1.807, 2.05) is 54.6 Å². The number of H-pyrrole nitrogens is 1. The summed E-state index contributed by atoms with van der Waals surface area (Å²) in [5.74, 6) is -0.0273. The second-order valence-corrected chi connectivity index (χ2v) is 5.35. The molecule has 2 aromatic carbocycles. The molecule has 0 saturated carbocycles. The lowest BCUT2D eigenvalue weighted by Crippen LogP contribution is -1.93. The molecule has 0 radical (unpaired) electrons. The number of hydrogen-bond donors (Lipinski definition) is 1. The number of aromatic nitrogens is 2. The number of nitrogens with zero attached hydrogens (tertiary/aromatic N) is 1. The number of ketones is 1. The maximum atomic E-state index is 12.2. The number of benzene rings is 2. The lowest BCUT2D eigenvalue weighted by Gasteiger charge is -1.97. The molecule has 0 fully saturated rings. The molecule has 0 aliphatic carbocycles. The van der Waals surface area contributed by atoms with Crippen LogP contribution >= 0.6 is 0 Å². The molecule has 2 aromatic heterocycles. The lowest BCUT2D eigenvalue weighted by atomic mass is 10.1. The van der Waals surface area contributed by atoms with E-state index in [0.717, 1.165) is 27.5 Å².